The summed E-state index contributed by atoms with van der Waals surface area (Å²) < 4.78 is 26.2. The van der Waals surface area contributed by atoms with Crippen LogP contribution in [0.25, 0.3) is 0 Å². The van der Waals surface area contributed by atoms with Gasteiger partial charge in [0, 0.05) is 5.75 Å². The van der Waals surface area contributed by atoms with Gasteiger partial charge in [0.1, 0.15) is 6.04 Å². The van der Waals surface area contributed by atoms with Crippen LogP contribution in [0.5, 0.6) is 0 Å². The summed E-state index contributed by atoms with van der Waals surface area (Å²) >= 11 is 1.04. The van der Waals surface area contributed by atoms with Crippen LogP contribution in [0.4, 0.5) is 13.6 Å². The number of nitrogens with one attached hydrogen (secondary N) is 2. The SMILES string of the molecule is CC(C)(NC(=O)[C@H]1CSC(=O)N1)c1ccc(F)c(F)c1. The van der Waals surface area contributed by atoms with Gasteiger partial charge in [0.05, 0.1) is 5.54 Å². The maximum absolute atomic E-state index is 13.3. The second-order valence-electron chi connectivity index (χ2n) is 5.04. The van der Waals surface area contributed by atoms with Crippen LogP contribution in [0.2, 0.25) is 0 Å². The molecular formula is C13H14F2N2O2S. The van der Waals surface area contributed by atoms with Gasteiger partial charge in [-0.15, -0.1) is 0 Å². The average Bonchev–Trinajstić information content (AvgIpc) is 2.79. The summed E-state index contributed by atoms with van der Waals surface area (Å²) in [6, 6.07) is 2.89. The third-order valence-corrected chi connectivity index (χ3v) is 3.95. The van der Waals surface area contributed by atoms with E-state index in [1.165, 1.54) is 6.07 Å². The molecule has 0 aliphatic carbocycles. The van der Waals surface area contributed by atoms with E-state index in [9.17, 15) is 18.4 Å². The molecule has 0 unspecified atom stereocenters. The first-order valence-corrected chi connectivity index (χ1v) is 6.99. The zero-order valence-electron chi connectivity index (χ0n) is 11.0. The fourth-order valence-electron chi connectivity index (χ4n) is 1.88. The van der Waals surface area contributed by atoms with Crippen molar-refractivity contribution in [1.29, 1.82) is 0 Å². The third kappa shape index (κ3) is 3.09. The third-order valence-electron chi connectivity index (χ3n) is 3.07. The number of rotatable bonds is 3. The molecule has 2 amide bonds. The molecule has 7 heteroatoms. The Morgan fingerprint density at radius 2 is 2.10 bits per heavy atom. The molecule has 1 aromatic rings. The monoisotopic (exact) mass is 300 g/mol. The lowest BCUT2D eigenvalue weighted by atomic mass is 9.93. The van der Waals surface area contributed by atoms with Crippen LogP contribution >= 0.6 is 11.8 Å². The number of carbonyl (C=O) groups excluding carboxylic acids is 2. The highest BCUT2D eigenvalue weighted by Crippen LogP contribution is 2.23. The second kappa shape index (κ2) is 5.40. The predicted octanol–water partition coefficient (Wildman–Crippen LogP) is 2.14. The largest absolute Gasteiger partial charge is 0.345 e. The van der Waals surface area contributed by atoms with E-state index in [1.807, 2.05) is 0 Å². The van der Waals surface area contributed by atoms with Gasteiger partial charge in [-0.25, -0.2) is 8.78 Å². The Balaban J connectivity index is 2.11. The molecule has 1 aliphatic rings. The number of thioether (sulfide) groups is 1. The first kappa shape index (κ1) is 14.8. The van der Waals surface area contributed by atoms with E-state index in [0.29, 0.717) is 11.3 Å². The highest BCUT2D eigenvalue weighted by molar-refractivity contribution is 8.14. The highest BCUT2D eigenvalue weighted by Gasteiger charge is 2.32. The zero-order valence-corrected chi connectivity index (χ0v) is 11.8. The van der Waals surface area contributed by atoms with Crippen LogP contribution in [-0.2, 0) is 10.3 Å². The molecular weight excluding hydrogens is 286 g/mol. The first-order chi connectivity index (χ1) is 9.29. The molecule has 1 saturated heterocycles. The second-order valence-corrected chi connectivity index (χ2v) is 6.03. The summed E-state index contributed by atoms with van der Waals surface area (Å²) in [7, 11) is 0. The van der Waals surface area contributed by atoms with Gasteiger partial charge in [0.25, 0.3) is 5.24 Å². The van der Waals surface area contributed by atoms with E-state index in [2.05, 4.69) is 10.6 Å². The van der Waals surface area contributed by atoms with E-state index >= 15 is 0 Å². The zero-order chi connectivity index (χ0) is 14.9. The molecule has 20 heavy (non-hydrogen) atoms. The Morgan fingerprint density at radius 1 is 1.40 bits per heavy atom. The van der Waals surface area contributed by atoms with E-state index < -0.39 is 23.2 Å². The van der Waals surface area contributed by atoms with Gasteiger partial charge in [0.15, 0.2) is 11.6 Å². The Morgan fingerprint density at radius 3 is 2.65 bits per heavy atom. The Hall–Kier alpha value is -1.63. The van der Waals surface area contributed by atoms with Crippen LogP contribution in [-0.4, -0.2) is 22.9 Å². The van der Waals surface area contributed by atoms with Crippen molar-refractivity contribution in [2.75, 3.05) is 5.75 Å². The van der Waals surface area contributed by atoms with Crippen molar-refractivity contribution < 1.29 is 18.4 Å². The van der Waals surface area contributed by atoms with Gasteiger partial charge in [-0.05, 0) is 31.5 Å². The summed E-state index contributed by atoms with van der Waals surface area (Å²) in [5, 5.41) is 5.01. The standard InChI is InChI=1S/C13H14F2N2O2S/c1-13(2,7-3-4-8(14)9(15)5-7)17-11(18)10-6-20-12(19)16-10/h3-5,10H,6H2,1-2H3,(H,16,19)(H,17,18)/t10-/m1/s1. The fourth-order valence-corrected chi connectivity index (χ4v) is 2.66. The molecule has 108 valence electrons. The van der Waals surface area contributed by atoms with E-state index in [-0.39, 0.29) is 11.1 Å². The van der Waals surface area contributed by atoms with Crippen LogP contribution in [0, 0.1) is 11.6 Å². The molecule has 1 heterocycles. The predicted molar refractivity (Wildman–Crippen MR) is 72.3 cm³/mol. The lowest BCUT2D eigenvalue weighted by Crippen LogP contribution is -2.50. The van der Waals surface area contributed by atoms with Crippen LogP contribution in [0.1, 0.15) is 19.4 Å². The molecule has 2 rings (SSSR count). The molecule has 0 aromatic heterocycles. The minimum absolute atomic E-state index is 0.240. The molecule has 0 radical (unpaired) electrons. The van der Waals surface area contributed by atoms with Crippen molar-refractivity contribution in [2.24, 2.45) is 0 Å². The van der Waals surface area contributed by atoms with Crippen molar-refractivity contribution in [3.63, 3.8) is 0 Å². The number of benzene rings is 1. The lowest BCUT2D eigenvalue weighted by molar-refractivity contribution is -0.124. The molecule has 1 aliphatic heterocycles. The molecule has 1 atom stereocenters. The topological polar surface area (TPSA) is 58.2 Å². The van der Waals surface area contributed by atoms with Crippen LogP contribution in [0.3, 0.4) is 0 Å². The Kier molecular flexibility index (Phi) is 3.99. The number of carbonyl (C=O) groups is 2. The minimum Gasteiger partial charge on any atom is -0.345 e. The summed E-state index contributed by atoms with van der Waals surface area (Å²) in [5.41, 5.74) is -0.425. The van der Waals surface area contributed by atoms with Crippen molar-refractivity contribution in [1.82, 2.24) is 10.6 Å². The van der Waals surface area contributed by atoms with E-state index in [0.717, 1.165) is 23.9 Å². The van der Waals surface area contributed by atoms with Crippen molar-refractivity contribution >= 4 is 22.9 Å². The molecule has 0 bridgehead atoms. The quantitative estimate of drug-likeness (QED) is 0.899. The summed E-state index contributed by atoms with van der Waals surface area (Å²) in [4.78, 5) is 23.1. The molecule has 2 N–H and O–H groups in total. The molecule has 0 spiro atoms. The first-order valence-electron chi connectivity index (χ1n) is 6.00. The molecule has 1 fully saturated rings. The van der Waals surface area contributed by atoms with Gasteiger partial charge in [-0.3, -0.25) is 9.59 Å². The maximum Gasteiger partial charge on any atom is 0.279 e. The number of amides is 2. The van der Waals surface area contributed by atoms with E-state index in [1.54, 1.807) is 13.8 Å². The van der Waals surface area contributed by atoms with Gasteiger partial charge < -0.3 is 10.6 Å². The Labute approximate surface area is 119 Å². The van der Waals surface area contributed by atoms with Gasteiger partial charge in [-0.1, -0.05) is 17.8 Å². The van der Waals surface area contributed by atoms with Crippen molar-refractivity contribution in [3.05, 3.63) is 35.4 Å². The number of hydrogen-bond donors (Lipinski definition) is 2. The van der Waals surface area contributed by atoms with Crippen LogP contribution in [0.15, 0.2) is 18.2 Å². The van der Waals surface area contributed by atoms with Crippen molar-refractivity contribution in [3.8, 4) is 0 Å². The number of halogens is 2. The molecule has 1 aromatic carbocycles. The number of hydrogen-bond acceptors (Lipinski definition) is 3. The summed E-state index contributed by atoms with van der Waals surface area (Å²) in [6.45, 7) is 3.36. The minimum atomic E-state index is -0.963. The van der Waals surface area contributed by atoms with Crippen LogP contribution < -0.4 is 10.6 Å². The van der Waals surface area contributed by atoms with Crippen molar-refractivity contribution in [2.45, 2.75) is 25.4 Å². The van der Waals surface area contributed by atoms with Gasteiger partial charge in [0.2, 0.25) is 5.91 Å². The Bertz CT molecular complexity index is 563. The summed E-state index contributed by atoms with van der Waals surface area (Å²) in [6.07, 6.45) is 0. The summed E-state index contributed by atoms with van der Waals surface area (Å²) in [5.74, 6) is -1.89. The highest BCUT2D eigenvalue weighted by atomic mass is 32.2. The fraction of sp³-hybridized carbons (Fsp3) is 0.385. The van der Waals surface area contributed by atoms with Gasteiger partial charge in [-0.2, -0.15) is 0 Å². The smallest absolute Gasteiger partial charge is 0.279 e. The van der Waals surface area contributed by atoms with E-state index in [4.69, 9.17) is 0 Å². The normalized spacial score (nSPS) is 18.8. The molecule has 0 saturated carbocycles. The molecule has 4 nitrogen and oxygen atoms in total. The maximum atomic E-state index is 13.3. The average molecular weight is 300 g/mol. The van der Waals surface area contributed by atoms with Gasteiger partial charge >= 0.3 is 0 Å². The lowest BCUT2D eigenvalue weighted by Gasteiger charge is -2.28.